The lowest BCUT2D eigenvalue weighted by Gasteiger charge is -2.11. The molecule has 0 aliphatic heterocycles. The van der Waals surface area contributed by atoms with E-state index in [1.165, 1.54) is 0 Å². The largest absolute Gasteiger partial charge is 0.338 e. The van der Waals surface area contributed by atoms with Crippen LogP contribution in [0.25, 0.3) is 10.8 Å². The highest BCUT2D eigenvalue weighted by atomic mass is 35.5. The van der Waals surface area contributed by atoms with Gasteiger partial charge in [0.25, 0.3) is 0 Å². The van der Waals surface area contributed by atoms with Gasteiger partial charge < -0.3 is 5.32 Å². The van der Waals surface area contributed by atoms with Gasteiger partial charge in [-0.2, -0.15) is 5.10 Å². The van der Waals surface area contributed by atoms with Gasteiger partial charge in [0.1, 0.15) is 0 Å². The second kappa shape index (κ2) is 8.13. The first-order valence-corrected chi connectivity index (χ1v) is 8.34. The third kappa shape index (κ3) is 3.93. The Morgan fingerprint density at radius 3 is 2.27 bits per heavy atom. The Morgan fingerprint density at radius 2 is 1.54 bits per heavy atom. The number of anilines is 2. The molecule has 130 valence electrons. The lowest BCUT2D eigenvalue weighted by Crippen LogP contribution is -2.02. The Hall–Kier alpha value is -2.69. The second-order valence-corrected chi connectivity index (χ2v) is 6.11. The van der Waals surface area contributed by atoms with Gasteiger partial charge in [-0.05, 0) is 36.4 Å². The normalized spacial score (nSPS) is 10.3. The molecule has 0 saturated heterocycles. The van der Waals surface area contributed by atoms with Crippen molar-refractivity contribution in [3.8, 4) is 0 Å². The zero-order chi connectivity index (χ0) is 17.1. The molecule has 0 amide bonds. The number of hydrogen-bond acceptors (Lipinski definition) is 4. The van der Waals surface area contributed by atoms with Crippen LogP contribution in [0.4, 0.5) is 11.5 Å². The molecular formula is C20H16Cl2N4. The van der Waals surface area contributed by atoms with Gasteiger partial charge in [0.15, 0.2) is 5.82 Å². The smallest absolute Gasteiger partial charge is 0.160 e. The average molecular weight is 383 g/mol. The summed E-state index contributed by atoms with van der Waals surface area (Å²) in [5, 5.41) is 14.9. The van der Waals surface area contributed by atoms with E-state index < -0.39 is 0 Å². The maximum atomic E-state index is 5.95. The van der Waals surface area contributed by atoms with Crippen molar-refractivity contribution in [2.24, 2.45) is 0 Å². The zero-order valence-corrected chi connectivity index (χ0v) is 15.3. The van der Waals surface area contributed by atoms with Gasteiger partial charge >= 0.3 is 0 Å². The maximum Gasteiger partial charge on any atom is 0.160 e. The van der Waals surface area contributed by atoms with E-state index in [0.29, 0.717) is 11.4 Å². The van der Waals surface area contributed by atoms with Gasteiger partial charge in [-0.15, -0.1) is 17.5 Å². The molecule has 2 aromatic carbocycles. The highest BCUT2D eigenvalue weighted by Gasteiger charge is 2.10. The van der Waals surface area contributed by atoms with E-state index in [9.17, 15) is 0 Å². The van der Waals surface area contributed by atoms with Crippen LogP contribution in [0.5, 0.6) is 0 Å². The molecule has 26 heavy (non-hydrogen) atoms. The van der Waals surface area contributed by atoms with Crippen LogP contribution in [0.2, 0.25) is 5.02 Å². The van der Waals surface area contributed by atoms with Crippen molar-refractivity contribution >= 4 is 46.3 Å². The molecule has 4 rings (SSSR count). The quantitative estimate of drug-likeness (QED) is 0.510. The van der Waals surface area contributed by atoms with Crippen molar-refractivity contribution < 1.29 is 0 Å². The number of hydrogen-bond donors (Lipinski definition) is 1. The molecule has 0 spiro atoms. The number of rotatable bonds is 4. The van der Waals surface area contributed by atoms with E-state index in [0.717, 1.165) is 33.7 Å². The maximum absolute atomic E-state index is 5.95. The minimum atomic E-state index is 0. The molecule has 0 saturated carbocycles. The molecule has 0 aliphatic carbocycles. The van der Waals surface area contributed by atoms with Crippen LogP contribution < -0.4 is 5.32 Å². The Kier molecular flexibility index (Phi) is 5.66. The summed E-state index contributed by atoms with van der Waals surface area (Å²) in [6, 6.07) is 21.5. The molecule has 2 heterocycles. The standard InChI is InChI=1S/C20H15ClN4.ClH/c21-14-8-10-15(11-9-14)23-20-18-7-2-1-6-17(18)19(24-25-20)13-16-5-3-4-12-22-16;/h1-12H,13H2,(H,23,25);1H. The number of nitrogens with zero attached hydrogens (tertiary/aromatic N) is 3. The first-order valence-electron chi connectivity index (χ1n) is 7.96. The minimum Gasteiger partial charge on any atom is -0.338 e. The lowest BCUT2D eigenvalue weighted by atomic mass is 10.1. The van der Waals surface area contributed by atoms with Crippen LogP contribution in [-0.2, 0) is 6.42 Å². The fourth-order valence-electron chi connectivity index (χ4n) is 2.73. The summed E-state index contributed by atoms with van der Waals surface area (Å²) in [7, 11) is 0. The highest BCUT2D eigenvalue weighted by molar-refractivity contribution is 6.30. The molecule has 0 bridgehead atoms. The van der Waals surface area contributed by atoms with Gasteiger partial charge in [-0.3, -0.25) is 4.98 Å². The second-order valence-electron chi connectivity index (χ2n) is 5.67. The van der Waals surface area contributed by atoms with Crippen LogP contribution in [0.3, 0.4) is 0 Å². The Bertz CT molecular complexity index is 1010. The monoisotopic (exact) mass is 382 g/mol. The molecule has 4 aromatic rings. The van der Waals surface area contributed by atoms with Crippen molar-refractivity contribution in [2.45, 2.75) is 6.42 Å². The van der Waals surface area contributed by atoms with Crippen molar-refractivity contribution in [2.75, 3.05) is 5.32 Å². The van der Waals surface area contributed by atoms with E-state index in [-0.39, 0.29) is 12.4 Å². The first kappa shape index (κ1) is 18.1. The molecule has 1 N–H and O–H groups in total. The van der Waals surface area contributed by atoms with Crippen molar-refractivity contribution in [3.05, 3.63) is 89.3 Å². The van der Waals surface area contributed by atoms with Gasteiger partial charge in [0, 0.05) is 39.8 Å². The summed E-state index contributed by atoms with van der Waals surface area (Å²) in [5.74, 6) is 0.725. The summed E-state index contributed by atoms with van der Waals surface area (Å²) in [6.45, 7) is 0. The molecule has 0 fully saturated rings. The molecule has 0 radical (unpaired) electrons. The van der Waals surface area contributed by atoms with Gasteiger partial charge in [-0.25, -0.2) is 0 Å². The molecule has 6 heteroatoms. The van der Waals surface area contributed by atoms with E-state index in [4.69, 9.17) is 11.6 Å². The minimum absolute atomic E-state index is 0. The fourth-order valence-corrected chi connectivity index (χ4v) is 2.85. The van der Waals surface area contributed by atoms with E-state index >= 15 is 0 Å². The number of benzene rings is 2. The topological polar surface area (TPSA) is 50.7 Å². The predicted octanol–water partition coefficient (Wildman–Crippen LogP) is 5.43. The predicted molar refractivity (Wildman–Crippen MR) is 109 cm³/mol. The fraction of sp³-hybridized carbons (Fsp3) is 0.0500. The third-order valence-corrected chi connectivity index (χ3v) is 4.20. The van der Waals surface area contributed by atoms with Crippen LogP contribution >= 0.6 is 24.0 Å². The van der Waals surface area contributed by atoms with Crippen molar-refractivity contribution in [3.63, 3.8) is 0 Å². The Labute approximate surface area is 162 Å². The number of pyridine rings is 1. The summed E-state index contributed by atoms with van der Waals surface area (Å²) < 4.78 is 0. The highest BCUT2D eigenvalue weighted by Crippen LogP contribution is 2.27. The molecule has 4 nitrogen and oxygen atoms in total. The molecule has 0 atom stereocenters. The molecular weight excluding hydrogens is 367 g/mol. The summed E-state index contributed by atoms with van der Waals surface area (Å²) >= 11 is 5.95. The van der Waals surface area contributed by atoms with Gasteiger partial charge in [0.2, 0.25) is 0 Å². The summed E-state index contributed by atoms with van der Waals surface area (Å²) in [6.07, 6.45) is 2.44. The SMILES string of the molecule is Cl.Clc1ccc(Nc2nnc(Cc3ccccn3)c3ccccc23)cc1. The average Bonchev–Trinajstić information content (AvgIpc) is 2.66. The number of aromatic nitrogens is 3. The number of nitrogens with one attached hydrogen (secondary N) is 1. The summed E-state index contributed by atoms with van der Waals surface area (Å²) in [4.78, 5) is 4.38. The van der Waals surface area contributed by atoms with Crippen molar-refractivity contribution in [1.29, 1.82) is 0 Å². The van der Waals surface area contributed by atoms with Crippen LogP contribution in [0.1, 0.15) is 11.4 Å². The molecule has 0 unspecified atom stereocenters. The van der Waals surface area contributed by atoms with Gasteiger partial charge in [-0.1, -0.05) is 41.9 Å². The van der Waals surface area contributed by atoms with E-state index in [2.05, 4.69) is 26.6 Å². The van der Waals surface area contributed by atoms with Gasteiger partial charge in [0.05, 0.1) is 5.69 Å². The summed E-state index contributed by atoms with van der Waals surface area (Å²) in [5.41, 5.74) is 2.80. The third-order valence-electron chi connectivity index (χ3n) is 3.95. The first-order chi connectivity index (χ1) is 12.3. The Morgan fingerprint density at radius 1 is 0.808 bits per heavy atom. The number of fused-ring (bicyclic) bond motifs is 1. The molecule has 0 aliphatic rings. The van der Waals surface area contributed by atoms with Crippen molar-refractivity contribution in [1.82, 2.24) is 15.2 Å². The zero-order valence-electron chi connectivity index (χ0n) is 13.8. The number of halogens is 2. The Balaban J connectivity index is 0.00000196. The van der Waals surface area contributed by atoms with Crippen LogP contribution in [-0.4, -0.2) is 15.2 Å². The molecule has 2 aromatic heterocycles. The van der Waals surface area contributed by atoms with Crippen LogP contribution in [0.15, 0.2) is 72.9 Å². The van der Waals surface area contributed by atoms with Crippen LogP contribution in [0, 0.1) is 0 Å². The van der Waals surface area contributed by atoms with E-state index in [1.54, 1.807) is 6.20 Å². The lowest BCUT2D eigenvalue weighted by molar-refractivity contribution is 0.940. The van der Waals surface area contributed by atoms with E-state index in [1.807, 2.05) is 60.7 Å².